The molecule has 1 saturated heterocycles. The minimum absolute atomic E-state index is 0.156. The molecule has 6 nitrogen and oxygen atoms in total. The molecule has 2 aromatic heterocycles. The molecule has 3 heterocycles. The predicted octanol–water partition coefficient (Wildman–Crippen LogP) is 6.69. The van der Waals surface area contributed by atoms with Crippen LogP contribution < -0.4 is 0 Å². The number of hydrogen-bond acceptors (Lipinski definition) is 3. The fourth-order valence-electron chi connectivity index (χ4n) is 6.14. The summed E-state index contributed by atoms with van der Waals surface area (Å²) in [4.78, 5) is 11.6. The van der Waals surface area contributed by atoms with Crippen LogP contribution >= 0.6 is 11.6 Å². The number of carboxylic acid groups (broad SMARTS) is 1. The van der Waals surface area contributed by atoms with E-state index in [2.05, 4.69) is 14.8 Å². The summed E-state index contributed by atoms with van der Waals surface area (Å²) < 4.78 is 36.1. The minimum atomic E-state index is -0.904. The van der Waals surface area contributed by atoms with E-state index >= 15 is 0 Å². The molecule has 0 spiro atoms. The summed E-state index contributed by atoms with van der Waals surface area (Å²) >= 11 is 6.37. The first-order valence-electron chi connectivity index (χ1n) is 12.4. The van der Waals surface area contributed by atoms with Gasteiger partial charge < -0.3 is 14.4 Å². The standard InChI is InChI=1S/C27H26ClF2N3O3/c28-26-18-13-23-19(12-22(18)31-32-26)24(14-1-3-16(4-2-14)27(34)35)25(15-7-9-36-10-8-15)33(23)17-5-6-20(29)21(30)11-17/h5-6,11-16H,1-4,7-10H2,(H,31,32)(H,34,35). The highest BCUT2D eigenvalue weighted by Crippen LogP contribution is 2.47. The Kier molecular flexibility index (Phi) is 5.96. The van der Waals surface area contributed by atoms with E-state index in [9.17, 15) is 18.7 Å². The summed E-state index contributed by atoms with van der Waals surface area (Å²) in [5.41, 5.74) is 4.44. The number of rotatable bonds is 4. The third-order valence-corrected chi connectivity index (χ3v) is 8.22. The van der Waals surface area contributed by atoms with Crippen molar-refractivity contribution in [3.8, 4) is 5.69 Å². The van der Waals surface area contributed by atoms with Crippen molar-refractivity contribution in [2.45, 2.75) is 50.4 Å². The zero-order chi connectivity index (χ0) is 25.0. The number of nitrogens with one attached hydrogen (secondary N) is 1. The molecule has 0 bridgehead atoms. The summed E-state index contributed by atoms with van der Waals surface area (Å²) in [6, 6.07) is 8.01. The summed E-state index contributed by atoms with van der Waals surface area (Å²) in [5, 5.41) is 18.8. The number of H-pyrrole nitrogens is 1. The molecule has 9 heteroatoms. The second-order valence-electron chi connectivity index (χ2n) is 9.94. The zero-order valence-electron chi connectivity index (χ0n) is 19.6. The lowest BCUT2D eigenvalue weighted by atomic mass is 9.76. The Bertz CT molecular complexity index is 1470. The molecule has 1 aliphatic carbocycles. The molecule has 1 aliphatic heterocycles. The van der Waals surface area contributed by atoms with E-state index in [1.54, 1.807) is 6.07 Å². The molecule has 2 aliphatic rings. The second kappa shape index (κ2) is 9.16. The van der Waals surface area contributed by atoms with Gasteiger partial charge >= 0.3 is 5.97 Å². The summed E-state index contributed by atoms with van der Waals surface area (Å²) in [5.74, 6) is -2.54. The van der Waals surface area contributed by atoms with Gasteiger partial charge in [-0.2, -0.15) is 5.10 Å². The SMILES string of the molecule is O=C(O)C1CCC(c2c(C3CCOCC3)n(-c3ccc(F)c(F)c3)c3cc4c(Cl)n[nH]c4cc23)CC1. The van der Waals surface area contributed by atoms with Crippen LogP contribution in [0, 0.1) is 17.6 Å². The van der Waals surface area contributed by atoms with Gasteiger partial charge in [-0.25, -0.2) is 8.78 Å². The van der Waals surface area contributed by atoms with Crippen molar-refractivity contribution < 1.29 is 23.4 Å². The lowest BCUT2D eigenvalue weighted by Crippen LogP contribution is -2.23. The fraction of sp³-hybridized carbons (Fsp3) is 0.407. The van der Waals surface area contributed by atoms with Crippen molar-refractivity contribution in [1.29, 1.82) is 0 Å². The van der Waals surface area contributed by atoms with Crippen LogP contribution in [-0.2, 0) is 9.53 Å². The summed E-state index contributed by atoms with van der Waals surface area (Å²) in [6.07, 6.45) is 4.37. The van der Waals surface area contributed by atoms with E-state index in [4.69, 9.17) is 16.3 Å². The van der Waals surface area contributed by atoms with Crippen LogP contribution in [0.3, 0.4) is 0 Å². The van der Waals surface area contributed by atoms with Crippen LogP contribution in [-0.4, -0.2) is 39.1 Å². The van der Waals surface area contributed by atoms with Crippen LogP contribution in [0.4, 0.5) is 8.78 Å². The zero-order valence-corrected chi connectivity index (χ0v) is 20.3. The molecule has 0 atom stereocenters. The molecule has 2 fully saturated rings. The van der Waals surface area contributed by atoms with Crippen LogP contribution in [0.15, 0.2) is 30.3 Å². The first-order valence-corrected chi connectivity index (χ1v) is 12.8. The number of ether oxygens (including phenoxy) is 1. The maximum absolute atomic E-state index is 14.5. The van der Waals surface area contributed by atoms with Gasteiger partial charge in [-0.15, -0.1) is 0 Å². The second-order valence-corrected chi connectivity index (χ2v) is 10.3. The van der Waals surface area contributed by atoms with Gasteiger partial charge in [0.2, 0.25) is 0 Å². The fourth-order valence-corrected chi connectivity index (χ4v) is 6.34. The molecule has 36 heavy (non-hydrogen) atoms. The van der Waals surface area contributed by atoms with E-state index in [0.29, 0.717) is 36.9 Å². The number of benzene rings is 2. The van der Waals surface area contributed by atoms with Crippen LogP contribution in [0.1, 0.15) is 61.6 Å². The van der Waals surface area contributed by atoms with E-state index in [1.807, 2.05) is 12.1 Å². The Morgan fingerprint density at radius 1 is 1.00 bits per heavy atom. The van der Waals surface area contributed by atoms with E-state index in [-0.39, 0.29) is 17.8 Å². The largest absolute Gasteiger partial charge is 0.481 e. The van der Waals surface area contributed by atoms with Gasteiger partial charge in [-0.1, -0.05) is 11.6 Å². The topological polar surface area (TPSA) is 80.1 Å². The average molecular weight is 514 g/mol. The molecule has 1 saturated carbocycles. The monoisotopic (exact) mass is 513 g/mol. The molecule has 0 amide bonds. The number of carbonyl (C=O) groups is 1. The van der Waals surface area contributed by atoms with Gasteiger partial charge in [0.15, 0.2) is 16.8 Å². The molecular formula is C27H26ClF2N3O3. The number of hydrogen-bond donors (Lipinski definition) is 2. The highest BCUT2D eigenvalue weighted by atomic mass is 35.5. The van der Waals surface area contributed by atoms with Gasteiger partial charge in [-0.05, 0) is 74.3 Å². The van der Waals surface area contributed by atoms with Gasteiger partial charge in [0.25, 0.3) is 0 Å². The van der Waals surface area contributed by atoms with Crippen molar-refractivity contribution in [3.05, 3.63) is 58.4 Å². The van der Waals surface area contributed by atoms with Gasteiger partial charge in [0.1, 0.15) is 0 Å². The number of aromatic amines is 1. The van der Waals surface area contributed by atoms with Gasteiger partial charge in [0, 0.05) is 47.4 Å². The predicted molar refractivity (Wildman–Crippen MR) is 133 cm³/mol. The number of carboxylic acids is 1. The Morgan fingerprint density at radius 2 is 1.75 bits per heavy atom. The lowest BCUT2D eigenvalue weighted by Gasteiger charge is -2.30. The van der Waals surface area contributed by atoms with Gasteiger partial charge in [-0.3, -0.25) is 9.89 Å². The third-order valence-electron chi connectivity index (χ3n) is 7.93. The molecule has 4 aromatic rings. The summed E-state index contributed by atoms with van der Waals surface area (Å²) in [6.45, 7) is 1.26. The number of aromatic nitrogens is 3. The first kappa shape index (κ1) is 23.4. The van der Waals surface area contributed by atoms with Crippen molar-refractivity contribution in [2.75, 3.05) is 13.2 Å². The Morgan fingerprint density at radius 3 is 2.44 bits per heavy atom. The van der Waals surface area contributed by atoms with Crippen molar-refractivity contribution in [2.24, 2.45) is 5.92 Å². The Labute approximate surface area is 211 Å². The molecule has 0 unspecified atom stereocenters. The normalized spacial score (nSPS) is 21.4. The maximum Gasteiger partial charge on any atom is 0.306 e. The van der Waals surface area contributed by atoms with Crippen molar-refractivity contribution in [3.63, 3.8) is 0 Å². The van der Waals surface area contributed by atoms with E-state index < -0.39 is 17.6 Å². The lowest BCUT2D eigenvalue weighted by molar-refractivity contribution is -0.142. The average Bonchev–Trinajstić information content (AvgIpc) is 3.42. The van der Waals surface area contributed by atoms with Crippen molar-refractivity contribution >= 4 is 39.4 Å². The number of fused-ring (bicyclic) bond motifs is 2. The number of aliphatic carboxylic acids is 1. The smallest absolute Gasteiger partial charge is 0.306 e. The van der Waals surface area contributed by atoms with Gasteiger partial charge in [0.05, 0.1) is 17.0 Å². The molecule has 188 valence electrons. The molecule has 2 aromatic carbocycles. The third kappa shape index (κ3) is 3.87. The minimum Gasteiger partial charge on any atom is -0.481 e. The Balaban J connectivity index is 1.64. The quantitative estimate of drug-likeness (QED) is 0.318. The highest BCUT2D eigenvalue weighted by Gasteiger charge is 2.34. The van der Waals surface area contributed by atoms with Crippen LogP contribution in [0.2, 0.25) is 5.15 Å². The van der Waals surface area contributed by atoms with Crippen LogP contribution in [0.5, 0.6) is 0 Å². The maximum atomic E-state index is 14.5. The van der Waals surface area contributed by atoms with Crippen molar-refractivity contribution in [1.82, 2.24) is 14.8 Å². The Hall–Kier alpha value is -2.97. The van der Waals surface area contributed by atoms with E-state index in [1.165, 1.54) is 6.07 Å². The molecular weight excluding hydrogens is 488 g/mol. The van der Waals surface area contributed by atoms with Crippen LogP contribution in [0.25, 0.3) is 27.5 Å². The number of nitrogens with zero attached hydrogens (tertiary/aromatic N) is 2. The summed E-state index contributed by atoms with van der Waals surface area (Å²) in [7, 11) is 0. The number of halogens is 3. The van der Waals surface area contributed by atoms with E-state index in [0.717, 1.165) is 64.8 Å². The molecule has 0 radical (unpaired) electrons. The molecule has 6 rings (SSSR count). The first-order chi connectivity index (χ1) is 17.4. The molecule has 2 N–H and O–H groups in total. The highest BCUT2D eigenvalue weighted by molar-refractivity contribution is 6.34.